The van der Waals surface area contributed by atoms with Crippen LogP contribution in [-0.2, 0) is 10.2 Å². The average molecular weight is 392 g/mol. The van der Waals surface area contributed by atoms with Crippen LogP contribution in [0.4, 0.5) is 4.39 Å². The number of halogens is 2. The summed E-state index contributed by atoms with van der Waals surface area (Å²) in [4.78, 5) is 0. The standard InChI is InChI=1S/C17H26FN3O2S.ClH/c1-20(16-8-3-2-4-9-16)24(22,23)21-11-10-19-13-17(21)14-6-5-7-15(18)12-14;/h5-7,12,16-17,19H,2-4,8-11,13H2,1H3;1H. The molecule has 1 aromatic rings. The topological polar surface area (TPSA) is 52.7 Å². The van der Waals surface area contributed by atoms with Gasteiger partial charge in [-0.1, -0.05) is 31.4 Å². The number of nitrogens with zero attached hydrogens (tertiary/aromatic N) is 2. The Morgan fingerprint density at radius 2 is 1.96 bits per heavy atom. The predicted molar refractivity (Wildman–Crippen MR) is 99.5 cm³/mol. The molecule has 2 fully saturated rings. The molecule has 1 unspecified atom stereocenters. The third-order valence-electron chi connectivity index (χ3n) is 5.18. The lowest BCUT2D eigenvalue weighted by Gasteiger charge is -2.40. The molecule has 0 aromatic heterocycles. The van der Waals surface area contributed by atoms with E-state index in [1.807, 2.05) is 0 Å². The molecule has 2 aliphatic rings. The van der Waals surface area contributed by atoms with Crippen LogP contribution in [-0.4, -0.2) is 49.8 Å². The van der Waals surface area contributed by atoms with Gasteiger partial charge in [-0.25, -0.2) is 4.39 Å². The number of nitrogens with one attached hydrogen (secondary N) is 1. The third-order valence-corrected chi connectivity index (χ3v) is 7.23. The van der Waals surface area contributed by atoms with Crippen LogP contribution in [0, 0.1) is 5.82 Å². The maximum Gasteiger partial charge on any atom is 0.282 e. The van der Waals surface area contributed by atoms with Crippen LogP contribution >= 0.6 is 12.4 Å². The van der Waals surface area contributed by atoms with Crippen LogP contribution in [0.5, 0.6) is 0 Å². The van der Waals surface area contributed by atoms with Gasteiger partial charge in [-0.05, 0) is 30.5 Å². The van der Waals surface area contributed by atoms with E-state index in [0.717, 1.165) is 25.7 Å². The fourth-order valence-corrected chi connectivity index (χ4v) is 5.52. The molecule has 1 aliphatic carbocycles. The summed E-state index contributed by atoms with van der Waals surface area (Å²) in [5.74, 6) is -0.337. The van der Waals surface area contributed by atoms with Crippen molar-refractivity contribution in [3.8, 4) is 0 Å². The van der Waals surface area contributed by atoms with Crippen LogP contribution in [0.3, 0.4) is 0 Å². The van der Waals surface area contributed by atoms with Crippen LogP contribution in [0.1, 0.15) is 43.7 Å². The van der Waals surface area contributed by atoms with E-state index in [-0.39, 0.29) is 30.3 Å². The molecule has 1 aliphatic heterocycles. The van der Waals surface area contributed by atoms with Gasteiger partial charge in [0.1, 0.15) is 5.82 Å². The molecule has 1 saturated heterocycles. The first-order valence-electron chi connectivity index (χ1n) is 8.71. The van der Waals surface area contributed by atoms with Gasteiger partial charge >= 0.3 is 0 Å². The molecule has 0 bridgehead atoms. The van der Waals surface area contributed by atoms with Crippen LogP contribution in [0.25, 0.3) is 0 Å². The molecule has 0 radical (unpaired) electrons. The van der Waals surface area contributed by atoms with Gasteiger partial charge in [-0.3, -0.25) is 0 Å². The van der Waals surface area contributed by atoms with Gasteiger partial charge in [0.05, 0.1) is 6.04 Å². The SMILES string of the molecule is CN(C1CCCCC1)S(=O)(=O)N1CCNCC1c1cccc(F)c1.Cl. The zero-order valence-corrected chi connectivity index (χ0v) is 16.2. The Morgan fingerprint density at radius 1 is 1.24 bits per heavy atom. The molecular formula is C17H27ClFN3O2S. The Labute approximate surface area is 156 Å². The number of rotatable bonds is 4. The van der Waals surface area contributed by atoms with E-state index in [4.69, 9.17) is 0 Å². The highest BCUT2D eigenvalue weighted by Gasteiger charge is 2.38. The van der Waals surface area contributed by atoms with Crippen molar-refractivity contribution in [3.63, 3.8) is 0 Å². The minimum atomic E-state index is -3.57. The van der Waals surface area contributed by atoms with E-state index >= 15 is 0 Å². The second-order valence-corrected chi connectivity index (χ2v) is 8.64. The first-order valence-corrected chi connectivity index (χ1v) is 10.1. The molecule has 3 rings (SSSR count). The molecule has 1 N–H and O–H groups in total. The van der Waals surface area contributed by atoms with Crippen molar-refractivity contribution in [2.75, 3.05) is 26.7 Å². The fourth-order valence-electron chi connectivity index (χ4n) is 3.76. The van der Waals surface area contributed by atoms with Gasteiger partial charge in [-0.2, -0.15) is 17.0 Å². The van der Waals surface area contributed by atoms with Crippen molar-refractivity contribution in [1.29, 1.82) is 0 Å². The van der Waals surface area contributed by atoms with Crippen LogP contribution in [0.2, 0.25) is 0 Å². The molecular weight excluding hydrogens is 365 g/mol. The highest BCUT2D eigenvalue weighted by molar-refractivity contribution is 7.86. The summed E-state index contributed by atoms with van der Waals surface area (Å²) < 4.78 is 43.0. The summed E-state index contributed by atoms with van der Waals surface area (Å²) in [7, 11) is -1.88. The molecule has 142 valence electrons. The van der Waals surface area contributed by atoms with E-state index in [1.165, 1.54) is 22.9 Å². The first-order chi connectivity index (χ1) is 11.5. The first kappa shape index (κ1) is 20.6. The van der Waals surface area contributed by atoms with Crippen LogP contribution < -0.4 is 5.32 Å². The Kier molecular flexibility index (Phi) is 7.22. The van der Waals surface area contributed by atoms with Crippen molar-refractivity contribution in [2.45, 2.75) is 44.2 Å². The number of hydrogen-bond donors (Lipinski definition) is 1. The summed E-state index contributed by atoms with van der Waals surface area (Å²) in [6.07, 6.45) is 5.20. The minimum absolute atomic E-state index is 0. The zero-order chi connectivity index (χ0) is 17.2. The lowest BCUT2D eigenvalue weighted by molar-refractivity contribution is 0.223. The molecule has 5 nitrogen and oxygen atoms in total. The lowest BCUT2D eigenvalue weighted by Crippen LogP contribution is -2.54. The van der Waals surface area contributed by atoms with E-state index in [0.29, 0.717) is 25.2 Å². The maximum atomic E-state index is 13.6. The predicted octanol–water partition coefficient (Wildman–Crippen LogP) is 2.70. The van der Waals surface area contributed by atoms with Crippen LogP contribution in [0.15, 0.2) is 24.3 Å². The van der Waals surface area contributed by atoms with E-state index in [9.17, 15) is 12.8 Å². The van der Waals surface area contributed by atoms with Gasteiger partial charge in [0, 0.05) is 32.7 Å². The Morgan fingerprint density at radius 3 is 2.64 bits per heavy atom. The maximum absolute atomic E-state index is 13.6. The second kappa shape index (κ2) is 8.77. The summed E-state index contributed by atoms with van der Waals surface area (Å²) in [6, 6.07) is 5.95. The summed E-state index contributed by atoms with van der Waals surface area (Å²) >= 11 is 0. The van der Waals surface area contributed by atoms with E-state index < -0.39 is 10.2 Å². The number of piperazine rings is 1. The molecule has 25 heavy (non-hydrogen) atoms. The summed E-state index contributed by atoms with van der Waals surface area (Å²) in [5.41, 5.74) is 0.697. The molecule has 1 atom stereocenters. The van der Waals surface area contributed by atoms with Crippen molar-refractivity contribution in [2.24, 2.45) is 0 Å². The Hall–Kier alpha value is -0.730. The van der Waals surface area contributed by atoms with Gasteiger partial charge in [-0.15, -0.1) is 12.4 Å². The smallest absolute Gasteiger partial charge is 0.282 e. The minimum Gasteiger partial charge on any atom is -0.313 e. The monoisotopic (exact) mass is 391 g/mol. The fraction of sp³-hybridized carbons (Fsp3) is 0.647. The summed E-state index contributed by atoms with van der Waals surface area (Å²) in [5, 5.41) is 3.23. The quantitative estimate of drug-likeness (QED) is 0.858. The normalized spacial score (nSPS) is 23.4. The number of benzene rings is 1. The van der Waals surface area contributed by atoms with Crippen molar-refractivity contribution < 1.29 is 12.8 Å². The van der Waals surface area contributed by atoms with Crippen molar-refractivity contribution in [1.82, 2.24) is 13.9 Å². The number of hydrogen-bond acceptors (Lipinski definition) is 3. The Bertz CT molecular complexity index is 668. The molecule has 0 spiro atoms. The van der Waals surface area contributed by atoms with E-state index in [2.05, 4.69) is 5.32 Å². The van der Waals surface area contributed by atoms with Crippen molar-refractivity contribution >= 4 is 22.6 Å². The molecule has 1 heterocycles. The van der Waals surface area contributed by atoms with Crippen molar-refractivity contribution in [3.05, 3.63) is 35.6 Å². The highest BCUT2D eigenvalue weighted by atomic mass is 35.5. The zero-order valence-electron chi connectivity index (χ0n) is 14.5. The molecule has 8 heteroatoms. The second-order valence-electron chi connectivity index (χ2n) is 6.70. The van der Waals surface area contributed by atoms with E-state index in [1.54, 1.807) is 23.5 Å². The molecule has 0 amide bonds. The van der Waals surface area contributed by atoms with Gasteiger partial charge in [0.25, 0.3) is 10.2 Å². The summed E-state index contributed by atoms with van der Waals surface area (Å²) in [6.45, 7) is 1.52. The Balaban J connectivity index is 0.00000225. The van der Waals surface area contributed by atoms with Gasteiger partial charge in [0.15, 0.2) is 0 Å². The van der Waals surface area contributed by atoms with Gasteiger partial charge < -0.3 is 5.32 Å². The van der Waals surface area contributed by atoms with Gasteiger partial charge in [0.2, 0.25) is 0 Å². The third kappa shape index (κ3) is 4.52. The highest BCUT2D eigenvalue weighted by Crippen LogP contribution is 2.30. The largest absolute Gasteiger partial charge is 0.313 e. The average Bonchev–Trinajstić information content (AvgIpc) is 2.62. The molecule has 1 aromatic carbocycles. The molecule has 1 saturated carbocycles. The lowest BCUT2D eigenvalue weighted by atomic mass is 9.96.